The van der Waals surface area contributed by atoms with Crippen molar-refractivity contribution in [3.8, 4) is 0 Å². The summed E-state index contributed by atoms with van der Waals surface area (Å²) in [6.45, 7) is 1.95. The Morgan fingerprint density at radius 1 is 1.64 bits per heavy atom. The quantitative estimate of drug-likeness (QED) is 0.690. The number of carboxylic acid groups (broad SMARTS) is 1. The zero-order valence-corrected chi connectivity index (χ0v) is 6.29. The van der Waals surface area contributed by atoms with Gasteiger partial charge in [0.25, 0.3) is 0 Å². The molecular weight excluding hydrogens is 140 g/mol. The predicted molar refractivity (Wildman–Crippen MR) is 41.4 cm³/mol. The van der Waals surface area contributed by atoms with Crippen molar-refractivity contribution in [1.29, 1.82) is 0 Å². The lowest BCUT2D eigenvalue weighted by molar-refractivity contribution is -0.136. The molecule has 1 aromatic carbocycles. The monoisotopic (exact) mass is 149 g/mol. The van der Waals surface area contributed by atoms with E-state index < -0.39 is 5.97 Å². The molecule has 0 aromatic heterocycles. The molecule has 1 radical (unpaired) electrons. The molecule has 1 rings (SSSR count). The highest BCUT2D eigenvalue weighted by Gasteiger charge is 1.98. The van der Waals surface area contributed by atoms with Crippen molar-refractivity contribution >= 4 is 5.97 Å². The minimum absolute atomic E-state index is 0.0558. The maximum absolute atomic E-state index is 10.2. The van der Waals surface area contributed by atoms with Gasteiger partial charge in [-0.05, 0) is 18.6 Å². The van der Waals surface area contributed by atoms with Crippen molar-refractivity contribution in [3.05, 3.63) is 35.4 Å². The number of carbonyl (C=O) groups is 1. The number of rotatable bonds is 2. The minimum Gasteiger partial charge on any atom is -0.481 e. The second-order valence-electron chi connectivity index (χ2n) is 2.46. The van der Waals surface area contributed by atoms with Crippen LogP contribution in [0.15, 0.2) is 18.2 Å². The Balaban J connectivity index is 2.74. The van der Waals surface area contributed by atoms with Crippen molar-refractivity contribution in [2.75, 3.05) is 0 Å². The molecule has 0 unspecified atom stereocenters. The summed E-state index contributed by atoms with van der Waals surface area (Å²) in [5.41, 5.74) is 1.82. The Kier molecular flexibility index (Phi) is 2.26. The fraction of sp³-hybridized carbons (Fsp3) is 0.222. The van der Waals surface area contributed by atoms with Gasteiger partial charge in [0.05, 0.1) is 6.42 Å². The lowest BCUT2D eigenvalue weighted by Crippen LogP contribution is -1.99. The minimum atomic E-state index is -0.815. The molecule has 0 saturated heterocycles. The van der Waals surface area contributed by atoms with Crippen molar-refractivity contribution < 1.29 is 9.90 Å². The third kappa shape index (κ3) is 2.42. The van der Waals surface area contributed by atoms with Crippen LogP contribution in [0, 0.1) is 13.0 Å². The molecule has 2 heteroatoms. The maximum Gasteiger partial charge on any atom is 0.307 e. The number of aliphatic carboxylic acids is 1. The average Bonchev–Trinajstić information content (AvgIpc) is 1.93. The van der Waals surface area contributed by atoms with E-state index >= 15 is 0 Å². The van der Waals surface area contributed by atoms with E-state index in [0.29, 0.717) is 0 Å². The van der Waals surface area contributed by atoms with Crippen molar-refractivity contribution in [2.24, 2.45) is 0 Å². The Hall–Kier alpha value is -1.31. The summed E-state index contributed by atoms with van der Waals surface area (Å²) < 4.78 is 0. The van der Waals surface area contributed by atoms with Gasteiger partial charge < -0.3 is 5.11 Å². The first kappa shape index (κ1) is 7.79. The Labute approximate surface area is 65.5 Å². The summed E-state index contributed by atoms with van der Waals surface area (Å²) in [4.78, 5) is 10.2. The van der Waals surface area contributed by atoms with Gasteiger partial charge in [0.1, 0.15) is 0 Å². The molecular formula is C9H9O2. The normalized spacial score (nSPS) is 9.55. The number of hydrogen-bond acceptors (Lipinski definition) is 1. The molecule has 0 saturated carbocycles. The summed E-state index contributed by atoms with van der Waals surface area (Å²) >= 11 is 0. The molecule has 11 heavy (non-hydrogen) atoms. The SMILES string of the molecule is Cc1c[c]c(CC(=O)O)cc1. The van der Waals surface area contributed by atoms with E-state index in [1.807, 2.05) is 13.0 Å². The number of hydrogen-bond donors (Lipinski definition) is 1. The van der Waals surface area contributed by atoms with E-state index in [9.17, 15) is 4.79 Å². The smallest absolute Gasteiger partial charge is 0.307 e. The van der Waals surface area contributed by atoms with Gasteiger partial charge in [-0.1, -0.05) is 23.8 Å². The highest BCUT2D eigenvalue weighted by atomic mass is 16.4. The highest BCUT2D eigenvalue weighted by Crippen LogP contribution is 2.02. The molecule has 0 fully saturated rings. The van der Waals surface area contributed by atoms with Gasteiger partial charge in [-0.25, -0.2) is 0 Å². The largest absolute Gasteiger partial charge is 0.481 e. The lowest BCUT2D eigenvalue weighted by Gasteiger charge is -1.95. The van der Waals surface area contributed by atoms with E-state index in [2.05, 4.69) is 6.07 Å². The molecule has 0 aliphatic rings. The van der Waals surface area contributed by atoms with Crippen molar-refractivity contribution in [2.45, 2.75) is 13.3 Å². The van der Waals surface area contributed by atoms with Gasteiger partial charge >= 0.3 is 5.97 Å². The molecule has 0 atom stereocenters. The predicted octanol–water partition coefficient (Wildman–Crippen LogP) is 1.42. The van der Waals surface area contributed by atoms with E-state index in [4.69, 9.17) is 5.11 Å². The fourth-order valence-corrected chi connectivity index (χ4v) is 0.808. The van der Waals surface area contributed by atoms with Crippen LogP contribution in [0.3, 0.4) is 0 Å². The van der Waals surface area contributed by atoms with Crippen LogP contribution in [-0.4, -0.2) is 11.1 Å². The number of carboxylic acids is 1. The van der Waals surface area contributed by atoms with Crippen molar-refractivity contribution in [1.82, 2.24) is 0 Å². The van der Waals surface area contributed by atoms with Gasteiger partial charge in [0, 0.05) is 0 Å². The first-order valence-electron chi connectivity index (χ1n) is 3.37. The zero-order valence-electron chi connectivity index (χ0n) is 6.29. The Morgan fingerprint density at radius 2 is 2.36 bits per heavy atom. The van der Waals surface area contributed by atoms with Gasteiger partial charge in [0.2, 0.25) is 0 Å². The Morgan fingerprint density at radius 3 is 2.82 bits per heavy atom. The second-order valence-corrected chi connectivity index (χ2v) is 2.46. The summed E-state index contributed by atoms with van der Waals surface area (Å²) in [6, 6.07) is 8.34. The van der Waals surface area contributed by atoms with Crippen LogP contribution in [-0.2, 0) is 11.2 Å². The molecule has 2 nitrogen and oxygen atoms in total. The molecule has 0 aliphatic carbocycles. The third-order valence-corrected chi connectivity index (χ3v) is 1.37. The first-order valence-corrected chi connectivity index (χ1v) is 3.37. The van der Waals surface area contributed by atoms with E-state index in [1.54, 1.807) is 12.1 Å². The third-order valence-electron chi connectivity index (χ3n) is 1.37. The second kappa shape index (κ2) is 3.19. The molecule has 0 aliphatic heterocycles. The standard InChI is InChI=1S/C9H9O2/c1-7-2-4-8(5-3-7)6-9(10)11/h2-4H,6H2,1H3,(H,10,11). The van der Waals surface area contributed by atoms with Gasteiger partial charge in [-0.15, -0.1) is 0 Å². The highest BCUT2D eigenvalue weighted by molar-refractivity contribution is 5.70. The van der Waals surface area contributed by atoms with Crippen LogP contribution in [0.2, 0.25) is 0 Å². The number of aryl methyl sites for hydroxylation is 1. The topological polar surface area (TPSA) is 37.3 Å². The van der Waals surface area contributed by atoms with Gasteiger partial charge in [0.15, 0.2) is 0 Å². The molecule has 57 valence electrons. The summed E-state index contributed by atoms with van der Waals surface area (Å²) in [5, 5.41) is 8.42. The van der Waals surface area contributed by atoms with Crippen LogP contribution in [0.5, 0.6) is 0 Å². The van der Waals surface area contributed by atoms with Crippen molar-refractivity contribution in [3.63, 3.8) is 0 Å². The molecule has 0 amide bonds. The van der Waals surface area contributed by atoms with Crippen LogP contribution < -0.4 is 0 Å². The molecule has 0 spiro atoms. The average molecular weight is 149 g/mol. The van der Waals surface area contributed by atoms with Gasteiger partial charge in [-0.3, -0.25) is 4.79 Å². The van der Waals surface area contributed by atoms with E-state index in [-0.39, 0.29) is 6.42 Å². The molecule has 0 heterocycles. The number of benzene rings is 1. The van der Waals surface area contributed by atoms with Crippen LogP contribution in [0.4, 0.5) is 0 Å². The summed E-state index contributed by atoms with van der Waals surface area (Å²) in [5.74, 6) is -0.815. The molecule has 1 N–H and O–H groups in total. The summed E-state index contributed by atoms with van der Waals surface area (Å²) in [6.07, 6.45) is 0.0558. The van der Waals surface area contributed by atoms with E-state index in [1.165, 1.54) is 0 Å². The van der Waals surface area contributed by atoms with Crippen LogP contribution in [0.25, 0.3) is 0 Å². The fourth-order valence-electron chi connectivity index (χ4n) is 0.808. The van der Waals surface area contributed by atoms with E-state index in [0.717, 1.165) is 11.1 Å². The maximum atomic E-state index is 10.2. The van der Waals surface area contributed by atoms with Gasteiger partial charge in [-0.2, -0.15) is 0 Å². The zero-order chi connectivity index (χ0) is 8.27. The molecule has 1 aromatic rings. The summed E-state index contributed by atoms with van der Waals surface area (Å²) in [7, 11) is 0. The first-order chi connectivity index (χ1) is 5.18. The molecule has 0 bridgehead atoms. The lowest BCUT2D eigenvalue weighted by atomic mass is 10.1. The van der Waals surface area contributed by atoms with Crippen LogP contribution >= 0.6 is 0 Å². The Bertz CT molecular complexity index is 249. The van der Waals surface area contributed by atoms with Crippen LogP contribution in [0.1, 0.15) is 11.1 Å².